The molecule has 3 heterocycles. The largest absolute Gasteiger partial charge is 0.345 e. The van der Waals surface area contributed by atoms with E-state index in [0.29, 0.717) is 36.8 Å². The van der Waals surface area contributed by atoms with E-state index < -0.39 is 0 Å². The number of aromatic nitrogens is 4. The minimum absolute atomic E-state index is 0.0880. The summed E-state index contributed by atoms with van der Waals surface area (Å²) in [5.74, 6) is 0.115. The van der Waals surface area contributed by atoms with Crippen LogP contribution < -0.4 is 5.32 Å². The Morgan fingerprint density at radius 1 is 1.21 bits per heavy atom. The predicted molar refractivity (Wildman–Crippen MR) is 103 cm³/mol. The van der Waals surface area contributed by atoms with E-state index in [4.69, 9.17) is 0 Å². The number of benzene rings is 1. The third-order valence-electron chi connectivity index (χ3n) is 4.80. The molecule has 2 aromatic heterocycles. The Hall–Kier alpha value is -3.42. The summed E-state index contributed by atoms with van der Waals surface area (Å²) < 4.78 is 3.41. The normalized spacial score (nSPS) is 13.5. The third-order valence-corrected chi connectivity index (χ3v) is 4.80. The number of fused-ring (bicyclic) bond motifs is 1. The van der Waals surface area contributed by atoms with E-state index in [2.05, 4.69) is 15.4 Å². The van der Waals surface area contributed by atoms with Gasteiger partial charge in [0.15, 0.2) is 5.82 Å². The Labute approximate surface area is 162 Å². The lowest BCUT2D eigenvalue weighted by Gasteiger charge is -2.27. The van der Waals surface area contributed by atoms with Gasteiger partial charge in [-0.3, -0.25) is 14.3 Å². The van der Waals surface area contributed by atoms with E-state index in [1.54, 1.807) is 22.7 Å². The molecule has 0 fully saturated rings. The zero-order valence-corrected chi connectivity index (χ0v) is 15.9. The van der Waals surface area contributed by atoms with Gasteiger partial charge in [-0.25, -0.2) is 4.98 Å². The van der Waals surface area contributed by atoms with Crippen LogP contribution in [0.15, 0.2) is 42.6 Å². The van der Waals surface area contributed by atoms with Crippen LogP contribution in [0, 0.1) is 6.92 Å². The van der Waals surface area contributed by atoms with E-state index in [1.165, 1.54) is 0 Å². The maximum atomic E-state index is 12.8. The van der Waals surface area contributed by atoms with Gasteiger partial charge in [0.25, 0.3) is 11.8 Å². The molecule has 0 atom stereocenters. The lowest BCUT2D eigenvalue weighted by atomic mass is 10.2. The molecule has 0 spiro atoms. The second-order valence-corrected chi connectivity index (χ2v) is 6.94. The van der Waals surface area contributed by atoms with Gasteiger partial charge in [0.05, 0.1) is 17.9 Å². The smallest absolute Gasteiger partial charge is 0.290 e. The Bertz CT molecular complexity index is 1020. The minimum atomic E-state index is -0.217. The quantitative estimate of drug-likeness (QED) is 0.729. The molecule has 144 valence electrons. The molecule has 0 radical (unpaired) electrons. The highest BCUT2D eigenvalue weighted by atomic mass is 16.2. The molecule has 3 aromatic rings. The summed E-state index contributed by atoms with van der Waals surface area (Å²) >= 11 is 0. The average Bonchev–Trinajstić information content (AvgIpc) is 3.26. The molecule has 0 aliphatic carbocycles. The van der Waals surface area contributed by atoms with E-state index in [9.17, 15) is 9.59 Å². The fraction of sp³-hybridized carbons (Fsp3) is 0.300. The van der Waals surface area contributed by atoms with Gasteiger partial charge in [-0.05, 0) is 18.6 Å². The van der Waals surface area contributed by atoms with Crippen molar-refractivity contribution < 1.29 is 9.59 Å². The van der Waals surface area contributed by atoms with Crippen molar-refractivity contribution in [3.63, 3.8) is 0 Å². The first-order valence-corrected chi connectivity index (χ1v) is 9.19. The van der Waals surface area contributed by atoms with Gasteiger partial charge < -0.3 is 14.8 Å². The Morgan fingerprint density at radius 3 is 2.71 bits per heavy atom. The van der Waals surface area contributed by atoms with Crippen LogP contribution in [0.25, 0.3) is 0 Å². The third kappa shape index (κ3) is 3.53. The van der Waals surface area contributed by atoms with Gasteiger partial charge in [-0.15, -0.1) is 0 Å². The summed E-state index contributed by atoms with van der Waals surface area (Å²) in [5.41, 5.74) is 3.03. The monoisotopic (exact) mass is 378 g/mol. The van der Waals surface area contributed by atoms with Gasteiger partial charge in [-0.1, -0.05) is 30.3 Å². The van der Waals surface area contributed by atoms with E-state index in [-0.39, 0.29) is 18.4 Å². The van der Waals surface area contributed by atoms with Crippen LogP contribution >= 0.6 is 0 Å². The minimum Gasteiger partial charge on any atom is -0.345 e. The van der Waals surface area contributed by atoms with E-state index in [1.807, 2.05) is 48.0 Å². The molecule has 28 heavy (non-hydrogen) atoms. The molecule has 8 heteroatoms. The first-order chi connectivity index (χ1) is 13.5. The van der Waals surface area contributed by atoms with Crippen molar-refractivity contribution in [2.45, 2.75) is 26.6 Å². The van der Waals surface area contributed by atoms with Gasteiger partial charge >= 0.3 is 0 Å². The van der Waals surface area contributed by atoms with E-state index >= 15 is 0 Å². The summed E-state index contributed by atoms with van der Waals surface area (Å²) in [6, 6.07) is 11.6. The lowest BCUT2D eigenvalue weighted by molar-refractivity contribution is 0.0683. The maximum absolute atomic E-state index is 12.8. The zero-order chi connectivity index (χ0) is 19.7. The predicted octanol–water partition coefficient (Wildman–Crippen LogP) is 1.51. The molecular formula is C20H22N6O2. The molecule has 8 nitrogen and oxygen atoms in total. The highest BCUT2D eigenvalue weighted by Crippen LogP contribution is 2.16. The van der Waals surface area contributed by atoms with Crippen LogP contribution in [-0.4, -0.2) is 42.6 Å². The van der Waals surface area contributed by atoms with Crippen LogP contribution in [0.3, 0.4) is 0 Å². The van der Waals surface area contributed by atoms with Crippen LogP contribution in [-0.2, 0) is 26.7 Å². The number of hydrogen-bond acceptors (Lipinski definition) is 4. The first kappa shape index (κ1) is 18.0. The fourth-order valence-electron chi connectivity index (χ4n) is 3.41. The number of rotatable bonds is 5. The fourth-order valence-corrected chi connectivity index (χ4v) is 3.41. The van der Waals surface area contributed by atoms with Gasteiger partial charge in [0.1, 0.15) is 5.69 Å². The second-order valence-electron chi connectivity index (χ2n) is 6.94. The van der Waals surface area contributed by atoms with Gasteiger partial charge in [-0.2, -0.15) is 5.10 Å². The molecule has 1 aromatic carbocycles. The number of carbonyl (C=O) groups excluding carboxylic acids is 2. The summed E-state index contributed by atoms with van der Waals surface area (Å²) in [6.07, 6.45) is 1.84. The van der Waals surface area contributed by atoms with Crippen LogP contribution in [0.1, 0.15) is 38.1 Å². The highest BCUT2D eigenvalue weighted by molar-refractivity contribution is 5.93. The first-order valence-electron chi connectivity index (χ1n) is 9.19. The van der Waals surface area contributed by atoms with Gasteiger partial charge in [0.2, 0.25) is 0 Å². The van der Waals surface area contributed by atoms with Crippen molar-refractivity contribution in [3.05, 3.63) is 71.1 Å². The molecule has 1 N–H and O–H groups in total. The topological polar surface area (TPSA) is 85.0 Å². The second kappa shape index (κ2) is 7.30. The maximum Gasteiger partial charge on any atom is 0.290 e. The van der Waals surface area contributed by atoms with E-state index in [0.717, 1.165) is 11.3 Å². The van der Waals surface area contributed by atoms with Crippen LogP contribution in [0.2, 0.25) is 0 Å². The molecule has 0 bridgehead atoms. The lowest BCUT2D eigenvalue weighted by Crippen LogP contribution is -2.39. The Balaban J connectivity index is 1.42. The molecule has 4 rings (SSSR count). The number of imidazole rings is 1. The molecular weight excluding hydrogens is 356 g/mol. The van der Waals surface area contributed by atoms with Crippen molar-refractivity contribution >= 4 is 11.8 Å². The summed E-state index contributed by atoms with van der Waals surface area (Å²) in [4.78, 5) is 31.4. The molecule has 1 aliphatic rings. The molecule has 0 saturated heterocycles. The number of nitrogens with one attached hydrogen (secondary N) is 1. The van der Waals surface area contributed by atoms with Crippen molar-refractivity contribution in [2.75, 3.05) is 6.54 Å². The number of amides is 2. The van der Waals surface area contributed by atoms with Crippen molar-refractivity contribution in [3.8, 4) is 0 Å². The molecule has 0 saturated carbocycles. The highest BCUT2D eigenvalue weighted by Gasteiger charge is 2.27. The Morgan fingerprint density at radius 2 is 2.00 bits per heavy atom. The van der Waals surface area contributed by atoms with Crippen molar-refractivity contribution in [2.24, 2.45) is 7.05 Å². The average molecular weight is 378 g/mol. The summed E-state index contributed by atoms with van der Waals surface area (Å²) in [5, 5.41) is 7.02. The van der Waals surface area contributed by atoms with Crippen LogP contribution in [0.4, 0.5) is 0 Å². The van der Waals surface area contributed by atoms with Crippen molar-refractivity contribution in [1.82, 2.24) is 29.5 Å². The summed E-state index contributed by atoms with van der Waals surface area (Å²) in [7, 11) is 1.73. The van der Waals surface area contributed by atoms with Crippen LogP contribution in [0.5, 0.6) is 0 Å². The summed E-state index contributed by atoms with van der Waals surface area (Å²) in [6.45, 7) is 3.99. The van der Waals surface area contributed by atoms with Gasteiger partial charge in [0, 0.05) is 32.9 Å². The Kier molecular flexibility index (Phi) is 4.68. The SMILES string of the molecule is Cc1cc(C(=O)NCc2cn3c(n2)C(=O)N(Cc2ccccc2)CC3)n(C)n1. The molecule has 2 amide bonds. The zero-order valence-electron chi connectivity index (χ0n) is 15.9. The molecule has 0 unspecified atom stereocenters. The van der Waals surface area contributed by atoms with Crippen molar-refractivity contribution in [1.29, 1.82) is 0 Å². The number of nitrogens with zero attached hydrogens (tertiary/aromatic N) is 5. The standard InChI is InChI=1S/C20H22N6O2/c1-14-10-17(24(2)23-14)19(27)21-11-16-13-25-8-9-26(20(28)18(25)22-16)12-15-6-4-3-5-7-15/h3-7,10,13H,8-9,11-12H2,1-2H3,(H,21,27). The number of aryl methyl sites for hydroxylation is 2. The number of hydrogen-bond donors (Lipinski definition) is 1. The number of carbonyl (C=O) groups is 2. The molecule has 1 aliphatic heterocycles.